The van der Waals surface area contributed by atoms with Crippen molar-refractivity contribution in [3.63, 3.8) is 0 Å². The standard InChI is InChI=1S/C14H27NO/c1-2-12-4-3-5-14(10-12)16-11-13-6-8-15-9-7-13/h12-15H,2-11H2,1H3. The van der Waals surface area contributed by atoms with Gasteiger partial charge in [-0.25, -0.2) is 0 Å². The van der Waals surface area contributed by atoms with Gasteiger partial charge in [0.25, 0.3) is 0 Å². The molecule has 0 amide bonds. The summed E-state index contributed by atoms with van der Waals surface area (Å²) in [5.41, 5.74) is 0. The van der Waals surface area contributed by atoms with Gasteiger partial charge in [0.05, 0.1) is 6.10 Å². The van der Waals surface area contributed by atoms with Crippen LogP contribution in [-0.4, -0.2) is 25.8 Å². The molecule has 0 aromatic carbocycles. The second kappa shape index (κ2) is 6.61. The average molecular weight is 225 g/mol. The molecular weight excluding hydrogens is 198 g/mol. The van der Waals surface area contributed by atoms with Gasteiger partial charge in [0, 0.05) is 6.61 Å². The van der Waals surface area contributed by atoms with Gasteiger partial charge in [-0.15, -0.1) is 0 Å². The third-order valence-electron chi connectivity index (χ3n) is 4.34. The van der Waals surface area contributed by atoms with Crippen LogP contribution in [0, 0.1) is 11.8 Å². The first kappa shape index (κ1) is 12.4. The second-order valence-electron chi connectivity index (χ2n) is 5.59. The van der Waals surface area contributed by atoms with Crippen molar-refractivity contribution in [1.82, 2.24) is 5.32 Å². The van der Waals surface area contributed by atoms with Gasteiger partial charge in [-0.1, -0.05) is 26.2 Å². The molecule has 2 heteroatoms. The van der Waals surface area contributed by atoms with Gasteiger partial charge in [-0.2, -0.15) is 0 Å². The van der Waals surface area contributed by atoms with E-state index in [1.807, 2.05) is 0 Å². The molecule has 0 spiro atoms. The second-order valence-corrected chi connectivity index (χ2v) is 5.59. The molecule has 0 bridgehead atoms. The average Bonchev–Trinajstić information content (AvgIpc) is 2.38. The number of rotatable bonds is 4. The Morgan fingerprint density at radius 2 is 1.88 bits per heavy atom. The van der Waals surface area contributed by atoms with Gasteiger partial charge in [0.2, 0.25) is 0 Å². The van der Waals surface area contributed by atoms with E-state index in [0.717, 1.165) is 18.4 Å². The van der Waals surface area contributed by atoms with Crippen LogP contribution < -0.4 is 5.32 Å². The molecule has 1 N–H and O–H groups in total. The highest BCUT2D eigenvalue weighted by Gasteiger charge is 2.22. The van der Waals surface area contributed by atoms with Crippen molar-refractivity contribution in [2.45, 2.75) is 58.0 Å². The van der Waals surface area contributed by atoms with Gasteiger partial charge in [-0.05, 0) is 50.6 Å². The molecule has 1 heterocycles. The van der Waals surface area contributed by atoms with Crippen molar-refractivity contribution in [3.05, 3.63) is 0 Å². The zero-order valence-corrected chi connectivity index (χ0v) is 10.7. The predicted octanol–water partition coefficient (Wildman–Crippen LogP) is 2.97. The summed E-state index contributed by atoms with van der Waals surface area (Å²) in [6, 6.07) is 0. The van der Waals surface area contributed by atoms with E-state index in [9.17, 15) is 0 Å². The van der Waals surface area contributed by atoms with Crippen LogP contribution in [-0.2, 0) is 4.74 Å². The van der Waals surface area contributed by atoms with Gasteiger partial charge in [0.1, 0.15) is 0 Å². The molecule has 1 saturated heterocycles. The Kier molecular flexibility index (Phi) is 5.11. The minimum atomic E-state index is 0.577. The molecule has 0 aromatic heterocycles. The molecule has 0 radical (unpaired) electrons. The molecule has 94 valence electrons. The first-order valence-corrected chi connectivity index (χ1v) is 7.20. The van der Waals surface area contributed by atoms with Crippen molar-refractivity contribution < 1.29 is 4.74 Å². The molecule has 2 atom stereocenters. The normalized spacial score (nSPS) is 32.8. The minimum Gasteiger partial charge on any atom is -0.378 e. The summed E-state index contributed by atoms with van der Waals surface area (Å²) in [6.45, 7) is 5.72. The fourth-order valence-corrected chi connectivity index (χ4v) is 3.08. The smallest absolute Gasteiger partial charge is 0.0577 e. The Bertz CT molecular complexity index is 189. The molecule has 0 aromatic rings. The number of hydrogen-bond acceptors (Lipinski definition) is 2. The zero-order chi connectivity index (χ0) is 11.2. The van der Waals surface area contributed by atoms with Gasteiger partial charge < -0.3 is 10.1 Å². The maximum atomic E-state index is 6.13. The van der Waals surface area contributed by atoms with E-state index in [1.54, 1.807) is 0 Å². The largest absolute Gasteiger partial charge is 0.378 e. The molecule has 2 unspecified atom stereocenters. The first-order valence-electron chi connectivity index (χ1n) is 7.20. The van der Waals surface area contributed by atoms with Gasteiger partial charge in [0.15, 0.2) is 0 Å². The van der Waals surface area contributed by atoms with Crippen molar-refractivity contribution in [3.8, 4) is 0 Å². The van der Waals surface area contributed by atoms with Crippen LogP contribution in [0.4, 0.5) is 0 Å². The molecule has 1 saturated carbocycles. The summed E-state index contributed by atoms with van der Waals surface area (Å²) in [5, 5.41) is 3.41. The van der Waals surface area contributed by atoms with Crippen molar-refractivity contribution in [1.29, 1.82) is 0 Å². The molecule has 2 aliphatic rings. The molecule has 1 aliphatic heterocycles. The lowest BCUT2D eigenvalue weighted by molar-refractivity contribution is -0.0103. The van der Waals surface area contributed by atoms with E-state index in [0.29, 0.717) is 6.10 Å². The number of ether oxygens (including phenoxy) is 1. The fraction of sp³-hybridized carbons (Fsp3) is 1.00. The Morgan fingerprint density at radius 3 is 2.62 bits per heavy atom. The quantitative estimate of drug-likeness (QED) is 0.794. The van der Waals surface area contributed by atoms with Crippen LogP contribution in [0.25, 0.3) is 0 Å². The van der Waals surface area contributed by atoms with Crippen LogP contribution in [0.2, 0.25) is 0 Å². The summed E-state index contributed by atoms with van der Waals surface area (Å²) in [7, 11) is 0. The van der Waals surface area contributed by atoms with Gasteiger partial charge in [-0.3, -0.25) is 0 Å². The van der Waals surface area contributed by atoms with Gasteiger partial charge >= 0.3 is 0 Å². The number of hydrogen-bond donors (Lipinski definition) is 1. The summed E-state index contributed by atoms with van der Waals surface area (Å²) < 4.78 is 6.13. The molecule has 2 rings (SSSR count). The Labute approximate surface area is 100 Å². The van der Waals surface area contributed by atoms with E-state index in [-0.39, 0.29) is 0 Å². The highest BCUT2D eigenvalue weighted by molar-refractivity contribution is 4.74. The summed E-state index contributed by atoms with van der Waals surface area (Å²) in [6.07, 6.45) is 9.98. The lowest BCUT2D eigenvalue weighted by Gasteiger charge is -2.30. The summed E-state index contributed by atoms with van der Waals surface area (Å²) >= 11 is 0. The molecular formula is C14H27NO. The van der Waals surface area contributed by atoms with Crippen LogP contribution in [0.5, 0.6) is 0 Å². The highest BCUT2D eigenvalue weighted by Crippen LogP contribution is 2.29. The van der Waals surface area contributed by atoms with Crippen LogP contribution in [0.3, 0.4) is 0 Å². The summed E-state index contributed by atoms with van der Waals surface area (Å²) in [4.78, 5) is 0. The van der Waals surface area contributed by atoms with Crippen LogP contribution >= 0.6 is 0 Å². The summed E-state index contributed by atoms with van der Waals surface area (Å²) in [5.74, 6) is 1.76. The topological polar surface area (TPSA) is 21.3 Å². The maximum Gasteiger partial charge on any atom is 0.0577 e. The third kappa shape index (κ3) is 3.74. The Hall–Kier alpha value is -0.0800. The fourth-order valence-electron chi connectivity index (χ4n) is 3.08. The molecule has 2 nitrogen and oxygen atoms in total. The lowest BCUT2D eigenvalue weighted by atomic mass is 9.85. The van der Waals surface area contributed by atoms with Crippen molar-refractivity contribution >= 4 is 0 Å². The van der Waals surface area contributed by atoms with Crippen LogP contribution in [0.15, 0.2) is 0 Å². The first-order chi connectivity index (χ1) is 7.88. The predicted molar refractivity (Wildman–Crippen MR) is 67.6 cm³/mol. The van der Waals surface area contributed by atoms with Crippen LogP contribution in [0.1, 0.15) is 51.9 Å². The monoisotopic (exact) mass is 225 g/mol. The molecule has 2 fully saturated rings. The van der Waals surface area contributed by atoms with Crippen molar-refractivity contribution in [2.75, 3.05) is 19.7 Å². The SMILES string of the molecule is CCC1CCCC(OCC2CCNCC2)C1. The number of piperidine rings is 1. The Balaban J connectivity index is 1.64. The lowest BCUT2D eigenvalue weighted by Crippen LogP contribution is -2.32. The highest BCUT2D eigenvalue weighted by atomic mass is 16.5. The van der Waals surface area contributed by atoms with E-state index >= 15 is 0 Å². The van der Waals surface area contributed by atoms with E-state index < -0.39 is 0 Å². The minimum absolute atomic E-state index is 0.577. The van der Waals surface area contributed by atoms with E-state index in [4.69, 9.17) is 4.74 Å². The Morgan fingerprint density at radius 1 is 1.06 bits per heavy atom. The molecule has 1 aliphatic carbocycles. The molecule has 16 heavy (non-hydrogen) atoms. The van der Waals surface area contributed by atoms with Crippen molar-refractivity contribution in [2.24, 2.45) is 11.8 Å². The zero-order valence-electron chi connectivity index (χ0n) is 10.7. The van der Waals surface area contributed by atoms with E-state index in [1.165, 1.54) is 58.0 Å². The third-order valence-corrected chi connectivity index (χ3v) is 4.34. The van der Waals surface area contributed by atoms with E-state index in [2.05, 4.69) is 12.2 Å². The maximum absolute atomic E-state index is 6.13. The number of nitrogens with one attached hydrogen (secondary N) is 1.